The van der Waals surface area contributed by atoms with Crippen LogP contribution in [-0.2, 0) is 0 Å². The lowest BCUT2D eigenvalue weighted by molar-refractivity contribution is 0.0931. The van der Waals surface area contributed by atoms with E-state index in [-0.39, 0.29) is 11.4 Å². The van der Waals surface area contributed by atoms with Gasteiger partial charge in [0.05, 0.1) is 0 Å². The number of rotatable bonds is 4. The second-order valence-corrected chi connectivity index (χ2v) is 4.13. The Morgan fingerprint density at radius 3 is 2.50 bits per heavy atom. The van der Waals surface area contributed by atoms with Crippen molar-refractivity contribution in [1.29, 1.82) is 0 Å². The molecule has 5 N–H and O–H groups in total. The molecule has 1 heterocycles. The number of aromatic nitrogens is 2. The Morgan fingerprint density at radius 2 is 1.95 bits per heavy atom. The summed E-state index contributed by atoms with van der Waals surface area (Å²) in [7, 11) is 0. The number of nitrogens with two attached hydrogens (primary N) is 2. The van der Waals surface area contributed by atoms with Crippen LogP contribution < -0.4 is 16.8 Å². The molecule has 7 nitrogen and oxygen atoms in total. The molecule has 0 bridgehead atoms. The molecular formula is C13H15N5O2. The maximum atomic E-state index is 11.9. The van der Waals surface area contributed by atoms with Gasteiger partial charge in [0.15, 0.2) is 5.69 Å². The van der Waals surface area contributed by atoms with E-state index < -0.39 is 11.8 Å². The van der Waals surface area contributed by atoms with Crippen molar-refractivity contribution in [1.82, 2.24) is 14.9 Å². The summed E-state index contributed by atoms with van der Waals surface area (Å²) >= 11 is 0. The Labute approximate surface area is 115 Å². The number of nitrogens with one attached hydrogen (secondary N) is 1. The number of carbonyl (C=O) groups is 2. The molecule has 2 aromatic rings. The lowest BCUT2D eigenvalue weighted by atomic mass is 10.2. The third kappa shape index (κ3) is 2.46. The predicted octanol–water partition coefficient (Wildman–Crippen LogP) is 0.303. The predicted molar refractivity (Wildman–Crippen MR) is 74.5 cm³/mol. The van der Waals surface area contributed by atoms with Gasteiger partial charge in [-0.1, -0.05) is 0 Å². The summed E-state index contributed by atoms with van der Waals surface area (Å²) < 4.78 is 1.46. The van der Waals surface area contributed by atoms with E-state index in [1.54, 1.807) is 31.2 Å². The van der Waals surface area contributed by atoms with Crippen molar-refractivity contribution in [3.05, 3.63) is 42.0 Å². The number of nitrogens with zero attached hydrogens (tertiary/aromatic N) is 2. The molecular weight excluding hydrogens is 258 g/mol. The Balaban J connectivity index is 2.52. The maximum absolute atomic E-state index is 11.9. The quantitative estimate of drug-likeness (QED) is 0.695. The Morgan fingerprint density at radius 1 is 1.30 bits per heavy atom. The van der Waals surface area contributed by atoms with Gasteiger partial charge in [0.2, 0.25) is 0 Å². The van der Waals surface area contributed by atoms with E-state index in [1.165, 1.54) is 10.9 Å². The van der Waals surface area contributed by atoms with E-state index in [9.17, 15) is 9.59 Å². The molecule has 0 saturated carbocycles. The number of hydrogen-bond acceptors (Lipinski definition) is 4. The van der Waals surface area contributed by atoms with Crippen molar-refractivity contribution in [3.63, 3.8) is 0 Å². The van der Waals surface area contributed by atoms with Gasteiger partial charge in [-0.25, -0.2) is 4.98 Å². The zero-order valence-corrected chi connectivity index (χ0v) is 11.0. The lowest BCUT2D eigenvalue weighted by Gasteiger charge is -2.07. The molecule has 2 amide bonds. The van der Waals surface area contributed by atoms with Gasteiger partial charge in [0, 0.05) is 17.9 Å². The third-order valence-corrected chi connectivity index (χ3v) is 2.72. The highest BCUT2D eigenvalue weighted by Gasteiger charge is 2.22. The molecule has 1 aromatic carbocycles. The summed E-state index contributed by atoms with van der Waals surface area (Å²) in [6, 6.07) is 6.80. The third-order valence-electron chi connectivity index (χ3n) is 2.72. The van der Waals surface area contributed by atoms with Gasteiger partial charge in [-0.05, 0) is 31.2 Å². The van der Waals surface area contributed by atoms with Crippen molar-refractivity contribution < 1.29 is 9.59 Å². The zero-order chi connectivity index (χ0) is 14.7. The summed E-state index contributed by atoms with van der Waals surface area (Å²) in [6.45, 7) is 2.21. The second-order valence-electron chi connectivity index (χ2n) is 4.13. The van der Waals surface area contributed by atoms with E-state index in [2.05, 4.69) is 10.3 Å². The molecule has 0 spiro atoms. The van der Waals surface area contributed by atoms with Crippen molar-refractivity contribution >= 4 is 17.5 Å². The van der Waals surface area contributed by atoms with Crippen molar-refractivity contribution in [2.75, 3.05) is 12.3 Å². The Bertz CT molecular complexity index is 645. The van der Waals surface area contributed by atoms with Crippen LogP contribution in [0.4, 0.5) is 5.69 Å². The van der Waals surface area contributed by atoms with Crippen molar-refractivity contribution in [2.24, 2.45) is 5.73 Å². The van der Waals surface area contributed by atoms with Gasteiger partial charge < -0.3 is 16.8 Å². The molecule has 0 atom stereocenters. The minimum absolute atomic E-state index is 0.0103. The smallest absolute Gasteiger partial charge is 0.272 e. The molecule has 0 aliphatic rings. The van der Waals surface area contributed by atoms with E-state index >= 15 is 0 Å². The summed E-state index contributed by atoms with van der Waals surface area (Å²) in [5.74, 6) is -1.16. The summed E-state index contributed by atoms with van der Waals surface area (Å²) in [5, 5.41) is 2.59. The molecule has 0 radical (unpaired) electrons. The van der Waals surface area contributed by atoms with Crippen molar-refractivity contribution in [2.45, 2.75) is 6.92 Å². The zero-order valence-electron chi connectivity index (χ0n) is 11.0. The average Bonchev–Trinajstić information content (AvgIpc) is 2.84. The number of nitrogen functional groups attached to an aromatic ring is 1. The first-order chi connectivity index (χ1) is 9.54. The van der Waals surface area contributed by atoms with Gasteiger partial charge in [-0.2, -0.15) is 0 Å². The first-order valence-corrected chi connectivity index (χ1v) is 6.05. The minimum Gasteiger partial charge on any atom is -0.399 e. The summed E-state index contributed by atoms with van der Waals surface area (Å²) in [4.78, 5) is 27.4. The minimum atomic E-state index is -0.722. The van der Waals surface area contributed by atoms with Gasteiger partial charge in [0.25, 0.3) is 11.8 Å². The Hall–Kier alpha value is -2.83. The molecule has 0 fully saturated rings. The Kier molecular flexibility index (Phi) is 3.69. The molecule has 20 heavy (non-hydrogen) atoms. The number of hydrogen-bond donors (Lipinski definition) is 3. The van der Waals surface area contributed by atoms with Crippen LogP contribution in [0.25, 0.3) is 5.69 Å². The number of primary amides is 1. The van der Waals surface area contributed by atoms with Crippen LogP contribution in [0.1, 0.15) is 27.9 Å². The largest absolute Gasteiger partial charge is 0.399 e. The maximum Gasteiger partial charge on any atom is 0.272 e. The van der Waals surface area contributed by atoms with Crippen LogP contribution in [0.3, 0.4) is 0 Å². The van der Waals surface area contributed by atoms with Crippen LogP contribution in [-0.4, -0.2) is 27.9 Å². The first kappa shape index (κ1) is 13.6. The number of anilines is 1. The summed E-state index contributed by atoms with van der Waals surface area (Å²) in [6.07, 6.45) is 1.39. The van der Waals surface area contributed by atoms with Gasteiger partial charge in [-0.15, -0.1) is 0 Å². The monoisotopic (exact) mass is 273 g/mol. The molecule has 0 aliphatic heterocycles. The lowest BCUT2D eigenvalue weighted by Crippen LogP contribution is -2.27. The van der Waals surface area contributed by atoms with E-state index in [1.807, 2.05) is 0 Å². The molecule has 0 aliphatic carbocycles. The number of imidazole rings is 1. The van der Waals surface area contributed by atoms with Crippen molar-refractivity contribution in [3.8, 4) is 5.69 Å². The second kappa shape index (κ2) is 5.43. The van der Waals surface area contributed by atoms with E-state index in [0.29, 0.717) is 17.9 Å². The van der Waals surface area contributed by atoms with E-state index in [0.717, 1.165) is 0 Å². The van der Waals surface area contributed by atoms with Crippen LogP contribution in [0.15, 0.2) is 30.6 Å². The fourth-order valence-electron chi connectivity index (χ4n) is 1.82. The highest BCUT2D eigenvalue weighted by molar-refractivity contribution is 6.04. The topological polar surface area (TPSA) is 116 Å². The summed E-state index contributed by atoms with van der Waals surface area (Å²) in [5.41, 5.74) is 12.3. The molecule has 2 rings (SSSR count). The first-order valence-electron chi connectivity index (χ1n) is 6.05. The highest BCUT2D eigenvalue weighted by atomic mass is 16.2. The number of carbonyl (C=O) groups excluding carboxylic acids is 2. The fourth-order valence-corrected chi connectivity index (χ4v) is 1.82. The standard InChI is InChI=1S/C13H15N5O2/c1-2-16-13(20)10-11(12(15)19)18(7-17-10)9-5-3-8(14)4-6-9/h3-7H,2,14H2,1H3,(H2,15,19)(H,16,20). The molecule has 0 unspecified atom stereocenters. The average molecular weight is 273 g/mol. The van der Waals surface area contributed by atoms with Crippen LogP contribution in [0, 0.1) is 0 Å². The number of amides is 2. The molecule has 7 heteroatoms. The molecule has 1 aromatic heterocycles. The normalized spacial score (nSPS) is 10.2. The van der Waals surface area contributed by atoms with Crippen LogP contribution >= 0.6 is 0 Å². The van der Waals surface area contributed by atoms with Gasteiger partial charge >= 0.3 is 0 Å². The molecule has 104 valence electrons. The van der Waals surface area contributed by atoms with E-state index in [4.69, 9.17) is 11.5 Å². The van der Waals surface area contributed by atoms with Crippen LogP contribution in [0.2, 0.25) is 0 Å². The van der Waals surface area contributed by atoms with Gasteiger partial charge in [0.1, 0.15) is 12.0 Å². The molecule has 0 saturated heterocycles. The number of benzene rings is 1. The fraction of sp³-hybridized carbons (Fsp3) is 0.154. The van der Waals surface area contributed by atoms with Crippen LogP contribution in [0.5, 0.6) is 0 Å². The van der Waals surface area contributed by atoms with Gasteiger partial charge in [-0.3, -0.25) is 14.2 Å². The SMILES string of the molecule is CCNC(=O)c1ncn(-c2ccc(N)cc2)c1C(N)=O. The highest BCUT2D eigenvalue weighted by Crippen LogP contribution is 2.16.